The molecular weight excluding hydrogens is 362 g/mol. The molecule has 6 heteroatoms. The van der Waals surface area contributed by atoms with Crippen molar-refractivity contribution < 1.29 is 19.1 Å². The maximum Gasteiger partial charge on any atom is 0.306 e. The molecule has 1 aromatic carbocycles. The molecule has 1 amide bonds. The fourth-order valence-electron chi connectivity index (χ4n) is 2.67. The molecule has 0 saturated heterocycles. The smallest absolute Gasteiger partial charge is 0.306 e. The Morgan fingerprint density at radius 1 is 1.07 bits per heavy atom. The molecule has 0 bridgehead atoms. The van der Waals surface area contributed by atoms with E-state index >= 15 is 0 Å². The summed E-state index contributed by atoms with van der Waals surface area (Å²) in [5.41, 5.74) is 1.02. The number of esters is 1. The van der Waals surface area contributed by atoms with E-state index < -0.39 is 5.97 Å². The van der Waals surface area contributed by atoms with Crippen LogP contribution in [0.5, 0.6) is 0 Å². The number of nitrogens with one attached hydrogen (secondary N) is 1. The van der Waals surface area contributed by atoms with E-state index in [0.29, 0.717) is 4.88 Å². The van der Waals surface area contributed by atoms with Gasteiger partial charge in [-0.1, -0.05) is 43.7 Å². The lowest BCUT2D eigenvalue weighted by Gasteiger charge is -2.18. The first-order chi connectivity index (χ1) is 13.0. The lowest BCUT2D eigenvalue weighted by Crippen LogP contribution is -2.32. The Balaban J connectivity index is 1.75. The van der Waals surface area contributed by atoms with Crippen LogP contribution in [-0.2, 0) is 14.3 Å². The summed E-state index contributed by atoms with van der Waals surface area (Å²) in [7, 11) is 0. The van der Waals surface area contributed by atoms with Crippen molar-refractivity contribution in [3.05, 3.63) is 57.8 Å². The molecule has 1 heterocycles. The molecule has 0 saturated carbocycles. The summed E-state index contributed by atoms with van der Waals surface area (Å²) in [6.07, 6.45) is 1.78. The van der Waals surface area contributed by atoms with Gasteiger partial charge in [-0.3, -0.25) is 14.4 Å². The number of ether oxygens (including phenoxy) is 1. The van der Waals surface area contributed by atoms with Crippen LogP contribution in [0.3, 0.4) is 0 Å². The average Bonchev–Trinajstić information content (AvgIpc) is 3.11. The van der Waals surface area contributed by atoms with E-state index in [9.17, 15) is 14.4 Å². The van der Waals surface area contributed by atoms with Crippen LogP contribution in [0.1, 0.15) is 58.8 Å². The lowest BCUT2D eigenvalue weighted by molar-refractivity contribution is -0.148. The van der Waals surface area contributed by atoms with Gasteiger partial charge in [0.05, 0.1) is 17.3 Å². The van der Waals surface area contributed by atoms with Crippen molar-refractivity contribution in [1.29, 1.82) is 0 Å². The fraction of sp³-hybridized carbons (Fsp3) is 0.381. The molecule has 2 aromatic rings. The zero-order chi connectivity index (χ0) is 19.6. The number of rotatable bonds is 10. The Hall–Kier alpha value is -2.47. The van der Waals surface area contributed by atoms with Crippen LogP contribution in [-0.4, -0.2) is 24.3 Å². The zero-order valence-electron chi connectivity index (χ0n) is 15.7. The van der Waals surface area contributed by atoms with Gasteiger partial charge < -0.3 is 10.1 Å². The zero-order valence-corrected chi connectivity index (χ0v) is 16.5. The number of Topliss-reactive ketones (excluding diaryl/α,β-unsaturated/α-hetero) is 1. The van der Waals surface area contributed by atoms with Crippen LogP contribution in [0.25, 0.3) is 0 Å². The summed E-state index contributed by atoms with van der Waals surface area (Å²) < 4.78 is 5.01. The van der Waals surface area contributed by atoms with Crippen LogP contribution in [0, 0.1) is 6.92 Å². The molecule has 0 fully saturated rings. The van der Waals surface area contributed by atoms with Gasteiger partial charge in [0.15, 0.2) is 12.4 Å². The number of amides is 1. The number of ketones is 1. The Morgan fingerprint density at radius 2 is 1.81 bits per heavy atom. The second kappa shape index (κ2) is 10.6. The number of carbonyl (C=O) groups excluding carboxylic acids is 3. The van der Waals surface area contributed by atoms with E-state index in [0.717, 1.165) is 23.3 Å². The maximum atomic E-state index is 12.1. The molecule has 0 unspecified atom stereocenters. The molecule has 0 aliphatic carbocycles. The topological polar surface area (TPSA) is 72.5 Å². The standard InChI is InChI=1S/C21H25NO4S/c1-3-7-17(16-8-5-4-6-9-16)22-20(24)14-26-21(25)13-11-18(23)19-12-10-15(2)27-19/h4-6,8-10,12,17H,3,7,11,13-14H2,1-2H3,(H,22,24)/t17-/m0/s1. The molecule has 1 atom stereocenters. The van der Waals surface area contributed by atoms with Gasteiger partial charge in [0, 0.05) is 11.3 Å². The normalized spacial score (nSPS) is 11.6. The molecular formula is C21H25NO4S. The largest absolute Gasteiger partial charge is 0.456 e. The first-order valence-electron chi connectivity index (χ1n) is 9.09. The van der Waals surface area contributed by atoms with Gasteiger partial charge >= 0.3 is 5.97 Å². The van der Waals surface area contributed by atoms with Gasteiger partial charge in [0.25, 0.3) is 5.91 Å². The molecule has 144 valence electrons. The van der Waals surface area contributed by atoms with E-state index in [4.69, 9.17) is 4.74 Å². The van der Waals surface area contributed by atoms with Crippen molar-refractivity contribution in [3.8, 4) is 0 Å². The van der Waals surface area contributed by atoms with Gasteiger partial charge in [-0.05, 0) is 31.0 Å². The highest BCUT2D eigenvalue weighted by molar-refractivity contribution is 7.14. The minimum Gasteiger partial charge on any atom is -0.456 e. The second-order valence-electron chi connectivity index (χ2n) is 6.31. The van der Waals surface area contributed by atoms with Crippen LogP contribution >= 0.6 is 11.3 Å². The quantitative estimate of drug-likeness (QED) is 0.489. The summed E-state index contributed by atoms with van der Waals surface area (Å²) >= 11 is 1.41. The monoisotopic (exact) mass is 387 g/mol. The number of carbonyl (C=O) groups is 3. The third-order valence-corrected chi connectivity index (χ3v) is 5.09. The van der Waals surface area contributed by atoms with Gasteiger partial charge in [0.1, 0.15) is 0 Å². The highest BCUT2D eigenvalue weighted by Crippen LogP contribution is 2.19. The predicted octanol–water partition coefficient (Wildman–Crippen LogP) is 4.22. The van der Waals surface area contributed by atoms with E-state index in [2.05, 4.69) is 5.32 Å². The Morgan fingerprint density at radius 3 is 2.44 bits per heavy atom. The summed E-state index contributed by atoms with van der Waals surface area (Å²) in [6.45, 7) is 3.64. The summed E-state index contributed by atoms with van der Waals surface area (Å²) in [5, 5.41) is 2.90. The molecule has 0 spiro atoms. The minimum absolute atomic E-state index is 0.0276. The van der Waals surface area contributed by atoms with Crippen molar-refractivity contribution in [2.24, 2.45) is 0 Å². The predicted molar refractivity (Wildman–Crippen MR) is 106 cm³/mol. The van der Waals surface area contributed by atoms with Gasteiger partial charge in [-0.15, -0.1) is 11.3 Å². The Labute approximate surface area is 163 Å². The molecule has 0 aliphatic rings. The first-order valence-corrected chi connectivity index (χ1v) is 9.90. The third kappa shape index (κ3) is 6.98. The highest BCUT2D eigenvalue weighted by atomic mass is 32.1. The summed E-state index contributed by atoms with van der Waals surface area (Å²) in [6, 6.07) is 13.2. The molecule has 5 nitrogen and oxygen atoms in total. The minimum atomic E-state index is -0.543. The van der Waals surface area contributed by atoms with Crippen LogP contribution < -0.4 is 5.32 Å². The van der Waals surface area contributed by atoms with Gasteiger partial charge in [0.2, 0.25) is 0 Å². The maximum absolute atomic E-state index is 12.1. The van der Waals surface area contributed by atoms with Gasteiger partial charge in [-0.2, -0.15) is 0 Å². The average molecular weight is 388 g/mol. The highest BCUT2D eigenvalue weighted by Gasteiger charge is 2.16. The summed E-state index contributed by atoms with van der Waals surface area (Å²) in [4.78, 5) is 37.6. The van der Waals surface area contributed by atoms with Crippen molar-refractivity contribution in [2.75, 3.05) is 6.61 Å². The van der Waals surface area contributed by atoms with Crippen molar-refractivity contribution in [3.63, 3.8) is 0 Å². The SMILES string of the molecule is CCC[C@H](NC(=O)COC(=O)CCC(=O)c1ccc(C)s1)c1ccccc1. The number of hydrogen-bond donors (Lipinski definition) is 1. The number of thiophene rings is 1. The molecule has 2 rings (SSSR count). The van der Waals surface area contributed by atoms with E-state index in [1.165, 1.54) is 11.3 Å². The number of benzene rings is 1. The van der Waals surface area contributed by atoms with Crippen molar-refractivity contribution >= 4 is 29.0 Å². The summed E-state index contributed by atoms with van der Waals surface area (Å²) in [5.74, 6) is -0.967. The van der Waals surface area contributed by atoms with E-state index in [1.54, 1.807) is 6.07 Å². The lowest BCUT2D eigenvalue weighted by atomic mass is 10.0. The molecule has 0 radical (unpaired) electrons. The van der Waals surface area contributed by atoms with Crippen LogP contribution in [0.15, 0.2) is 42.5 Å². The Bertz CT molecular complexity index is 769. The van der Waals surface area contributed by atoms with E-state index in [-0.39, 0.29) is 37.2 Å². The molecule has 1 aromatic heterocycles. The van der Waals surface area contributed by atoms with Crippen LogP contribution in [0.4, 0.5) is 0 Å². The van der Waals surface area contributed by atoms with Crippen molar-refractivity contribution in [2.45, 2.75) is 45.6 Å². The third-order valence-electron chi connectivity index (χ3n) is 4.05. The number of aryl methyl sites for hydroxylation is 1. The van der Waals surface area contributed by atoms with E-state index in [1.807, 2.05) is 50.2 Å². The molecule has 27 heavy (non-hydrogen) atoms. The van der Waals surface area contributed by atoms with Crippen molar-refractivity contribution in [1.82, 2.24) is 5.32 Å². The number of hydrogen-bond acceptors (Lipinski definition) is 5. The second-order valence-corrected chi connectivity index (χ2v) is 7.60. The van der Waals surface area contributed by atoms with Gasteiger partial charge in [-0.25, -0.2) is 0 Å². The molecule has 1 N–H and O–H groups in total. The Kier molecular flexibility index (Phi) is 8.20. The van der Waals surface area contributed by atoms with Crippen LogP contribution in [0.2, 0.25) is 0 Å². The first kappa shape index (κ1) is 20.8. The molecule has 0 aliphatic heterocycles. The fourth-order valence-corrected chi connectivity index (χ4v) is 3.51.